The zero-order valence-electron chi connectivity index (χ0n) is 19.4. The Morgan fingerprint density at radius 3 is 2.57 bits per heavy atom. The molecule has 1 heterocycles. The zero-order valence-corrected chi connectivity index (χ0v) is 20.2. The molecule has 1 aromatic heterocycles. The number of para-hydroxylation sites is 1. The molecule has 1 amide bonds. The number of rotatable bonds is 8. The van der Waals surface area contributed by atoms with E-state index in [2.05, 4.69) is 20.7 Å². The number of amides is 1. The number of hydrogen-bond acceptors (Lipinski definition) is 7. The minimum Gasteiger partial charge on any atom is -0.272 e. The van der Waals surface area contributed by atoms with Crippen LogP contribution in [0, 0.1) is 10.1 Å². The van der Waals surface area contributed by atoms with E-state index in [0.717, 1.165) is 22.0 Å². The highest BCUT2D eigenvalue weighted by Crippen LogP contribution is 2.29. The Hall–Kier alpha value is -4.83. The van der Waals surface area contributed by atoms with E-state index >= 15 is 0 Å². The number of hydrogen-bond donors (Lipinski definition) is 1. The molecule has 0 aliphatic heterocycles. The van der Waals surface area contributed by atoms with Gasteiger partial charge < -0.3 is 0 Å². The summed E-state index contributed by atoms with van der Waals surface area (Å²) in [4.78, 5) is 23.3. The highest BCUT2D eigenvalue weighted by molar-refractivity contribution is 7.99. The number of nitrogens with one attached hydrogen (secondary N) is 1. The Balaban J connectivity index is 1.34. The van der Waals surface area contributed by atoms with Gasteiger partial charge in [0.15, 0.2) is 11.0 Å². The van der Waals surface area contributed by atoms with Crippen LogP contribution >= 0.6 is 11.8 Å². The van der Waals surface area contributed by atoms with Crippen molar-refractivity contribution >= 4 is 40.3 Å². The second-order valence-corrected chi connectivity index (χ2v) is 8.88. The van der Waals surface area contributed by atoms with Crippen molar-refractivity contribution in [3.05, 3.63) is 113 Å². The van der Waals surface area contributed by atoms with Gasteiger partial charge in [-0.05, 0) is 22.9 Å². The highest BCUT2D eigenvalue weighted by atomic mass is 32.2. The zero-order chi connectivity index (χ0) is 25.6. The fourth-order valence-electron chi connectivity index (χ4n) is 3.82. The lowest BCUT2D eigenvalue weighted by atomic mass is 10.1. The monoisotopic (exact) mass is 508 g/mol. The molecule has 9 nitrogen and oxygen atoms in total. The third kappa shape index (κ3) is 5.39. The average Bonchev–Trinajstić information content (AvgIpc) is 3.36. The highest BCUT2D eigenvalue weighted by Gasteiger charge is 2.19. The number of benzene rings is 4. The fraction of sp³-hybridized carbons (Fsp3) is 0.0370. The number of carbonyl (C=O) groups excluding carboxylic acids is 1. The third-order valence-corrected chi connectivity index (χ3v) is 6.44. The minimum atomic E-state index is -0.453. The molecule has 4 aromatic carbocycles. The first kappa shape index (κ1) is 23.9. The standard InChI is InChI=1S/C27H20N6O3S/c34-25(29-28-17-21-11-6-9-19-8-4-5-15-24(19)21)18-37-27-31-30-26(32(27)22-12-2-1-3-13-22)20-10-7-14-23(16-20)33(35)36/h1-17H,18H2,(H,29,34). The number of thioether (sulfide) groups is 1. The lowest BCUT2D eigenvalue weighted by molar-refractivity contribution is -0.384. The molecule has 0 radical (unpaired) electrons. The molecule has 5 aromatic rings. The molecule has 0 bridgehead atoms. The van der Waals surface area contributed by atoms with Crippen molar-refractivity contribution in [2.24, 2.45) is 5.10 Å². The van der Waals surface area contributed by atoms with Crippen LogP contribution in [-0.4, -0.2) is 37.6 Å². The van der Waals surface area contributed by atoms with Crippen LogP contribution in [0.5, 0.6) is 0 Å². The van der Waals surface area contributed by atoms with Crippen LogP contribution in [0.25, 0.3) is 27.8 Å². The molecule has 0 unspecified atom stereocenters. The van der Waals surface area contributed by atoms with Crippen molar-refractivity contribution in [2.75, 3.05) is 5.75 Å². The maximum absolute atomic E-state index is 12.5. The van der Waals surface area contributed by atoms with Gasteiger partial charge in [0.1, 0.15) is 0 Å². The SMILES string of the molecule is O=C(CSc1nnc(-c2cccc([N+](=O)[O-])c2)n1-c1ccccc1)NN=Cc1cccc2ccccc12. The number of nitrogens with zero attached hydrogens (tertiary/aromatic N) is 5. The third-order valence-electron chi connectivity index (χ3n) is 5.51. The molecule has 10 heteroatoms. The summed E-state index contributed by atoms with van der Waals surface area (Å²) in [5, 5.41) is 26.5. The molecule has 0 aliphatic carbocycles. The smallest absolute Gasteiger partial charge is 0.270 e. The Labute approximate surface area is 216 Å². The Bertz CT molecular complexity index is 1610. The van der Waals surface area contributed by atoms with Gasteiger partial charge in [-0.3, -0.25) is 19.5 Å². The first-order valence-corrected chi connectivity index (χ1v) is 12.3. The molecule has 0 fully saturated rings. The van der Waals surface area contributed by atoms with Gasteiger partial charge in [-0.25, -0.2) is 5.43 Å². The summed E-state index contributed by atoms with van der Waals surface area (Å²) in [6, 6.07) is 29.4. The lowest BCUT2D eigenvalue weighted by Crippen LogP contribution is -2.20. The van der Waals surface area contributed by atoms with Gasteiger partial charge in [-0.1, -0.05) is 84.6 Å². The van der Waals surface area contributed by atoms with Crippen LogP contribution in [0.1, 0.15) is 5.56 Å². The van der Waals surface area contributed by atoms with E-state index in [-0.39, 0.29) is 17.3 Å². The van der Waals surface area contributed by atoms with Gasteiger partial charge in [0.25, 0.3) is 11.6 Å². The first-order chi connectivity index (χ1) is 18.1. The summed E-state index contributed by atoms with van der Waals surface area (Å²) in [6.07, 6.45) is 1.62. The Kier molecular flexibility index (Phi) is 7.00. The summed E-state index contributed by atoms with van der Waals surface area (Å²) in [7, 11) is 0. The number of non-ortho nitro benzene ring substituents is 1. The van der Waals surface area contributed by atoms with Gasteiger partial charge in [0, 0.05) is 28.9 Å². The number of hydrazone groups is 1. The lowest BCUT2D eigenvalue weighted by Gasteiger charge is -2.10. The van der Waals surface area contributed by atoms with Crippen molar-refractivity contribution in [3.8, 4) is 17.1 Å². The Morgan fingerprint density at radius 2 is 1.73 bits per heavy atom. The number of carbonyl (C=O) groups is 1. The normalized spacial score (nSPS) is 11.1. The fourth-order valence-corrected chi connectivity index (χ4v) is 4.56. The molecule has 0 saturated carbocycles. The molecule has 37 heavy (non-hydrogen) atoms. The average molecular weight is 509 g/mol. The number of fused-ring (bicyclic) bond motifs is 1. The molecular formula is C27H20N6O3S. The van der Waals surface area contributed by atoms with E-state index in [1.54, 1.807) is 22.9 Å². The topological polar surface area (TPSA) is 115 Å². The van der Waals surface area contributed by atoms with E-state index < -0.39 is 4.92 Å². The van der Waals surface area contributed by atoms with Crippen LogP contribution in [0.2, 0.25) is 0 Å². The number of aromatic nitrogens is 3. The van der Waals surface area contributed by atoms with Crippen molar-refractivity contribution in [3.63, 3.8) is 0 Å². The molecule has 0 saturated heterocycles. The largest absolute Gasteiger partial charge is 0.272 e. The molecule has 5 rings (SSSR count). The first-order valence-electron chi connectivity index (χ1n) is 11.3. The van der Waals surface area contributed by atoms with Crippen molar-refractivity contribution in [2.45, 2.75) is 5.16 Å². The maximum Gasteiger partial charge on any atom is 0.270 e. The van der Waals surface area contributed by atoms with Gasteiger partial charge in [-0.15, -0.1) is 10.2 Å². The summed E-state index contributed by atoms with van der Waals surface area (Å²) in [6.45, 7) is 0. The molecular weight excluding hydrogens is 488 g/mol. The van der Waals surface area contributed by atoms with Crippen molar-refractivity contribution < 1.29 is 9.72 Å². The second kappa shape index (κ2) is 10.8. The summed E-state index contributed by atoms with van der Waals surface area (Å²) in [5.41, 5.74) is 4.73. The molecule has 0 atom stereocenters. The quantitative estimate of drug-likeness (QED) is 0.133. The van der Waals surface area contributed by atoms with Crippen LogP contribution in [-0.2, 0) is 4.79 Å². The minimum absolute atomic E-state index is 0.0438. The van der Waals surface area contributed by atoms with E-state index in [1.807, 2.05) is 72.8 Å². The van der Waals surface area contributed by atoms with Gasteiger partial charge in [-0.2, -0.15) is 5.10 Å². The predicted octanol–water partition coefficient (Wildman–Crippen LogP) is 5.24. The number of nitro groups is 1. The van der Waals surface area contributed by atoms with E-state index in [0.29, 0.717) is 16.5 Å². The maximum atomic E-state index is 12.5. The van der Waals surface area contributed by atoms with Crippen LogP contribution < -0.4 is 5.43 Å². The summed E-state index contributed by atoms with van der Waals surface area (Å²) in [5.74, 6) is 0.181. The van der Waals surface area contributed by atoms with E-state index in [9.17, 15) is 14.9 Å². The van der Waals surface area contributed by atoms with Gasteiger partial charge >= 0.3 is 0 Å². The number of nitro benzene ring substituents is 1. The van der Waals surface area contributed by atoms with Crippen molar-refractivity contribution in [1.82, 2.24) is 20.2 Å². The molecule has 182 valence electrons. The predicted molar refractivity (Wildman–Crippen MR) is 144 cm³/mol. The van der Waals surface area contributed by atoms with Gasteiger partial charge in [0.05, 0.1) is 16.9 Å². The molecule has 1 N–H and O–H groups in total. The molecule has 0 spiro atoms. The van der Waals surface area contributed by atoms with Crippen LogP contribution in [0.15, 0.2) is 107 Å². The van der Waals surface area contributed by atoms with Crippen LogP contribution in [0.3, 0.4) is 0 Å². The van der Waals surface area contributed by atoms with Gasteiger partial charge in [0.2, 0.25) is 0 Å². The van der Waals surface area contributed by atoms with E-state index in [1.165, 1.54) is 23.9 Å². The summed E-state index contributed by atoms with van der Waals surface area (Å²) < 4.78 is 1.77. The van der Waals surface area contributed by atoms with Crippen LogP contribution in [0.4, 0.5) is 5.69 Å². The van der Waals surface area contributed by atoms with E-state index in [4.69, 9.17) is 0 Å². The van der Waals surface area contributed by atoms with Crippen molar-refractivity contribution in [1.29, 1.82) is 0 Å². The summed E-state index contributed by atoms with van der Waals surface area (Å²) >= 11 is 1.19. The second-order valence-electron chi connectivity index (χ2n) is 7.93. The Morgan fingerprint density at radius 1 is 0.973 bits per heavy atom. The molecule has 0 aliphatic rings.